The Bertz CT molecular complexity index is 491. The fourth-order valence-corrected chi connectivity index (χ4v) is 1.71. The number of carbonyl (C=O) groups is 2. The molecule has 0 heterocycles. The van der Waals surface area contributed by atoms with Gasteiger partial charge in [-0.1, -0.05) is 25.8 Å². The third kappa shape index (κ3) is 4.01. The fraction of sp³-hybridized carbons (Fsp3) is 0.429. The molecule has 0 bridgehead atoms. The van der Waals surface area contributed by atoms with E-state index >= 15 is 0 Å². The second-order valence-electron chi connectivity index (χ2n) is 4.29. The van der Waals surface area contributed by atoms with Gasteiger partial charge in [0.05, 0.1) is 12.7 Å². The van der Waals surface area contributed by atoms with Gasteiger partial charge in [-0.2, -0.15) is 0 Å². The fourth-order valence-electron chi connectivity index (χ4n) is 1.71. The zero-order chi connectivity index (χ0) is 15.1. The van der Waals surface area contributed by atoms with Crippen molar-refractivity contribution in [2.75, 3.05) is 7.11 Å². The number of hydrogen-bond donors (Lipinski definition) is 1. The van der Waals surface area contributed by atoms with Gasteiger partial charge < -0.3 is 10.1 Å². The number of hydrogen-bond acceptors (Lipinski definition) is 3. The molecule has 0 aliphatic rings. The molecule has 0 saturated carbocycles. The summed E-state index contributed by atoms with van der Waals surface area (Å²) in [7, 11) is 1.20. The van der Waals surface area contributed by atoms with Gasteiger partial charge in [-0.05, 0) is 18.6 Å². The van der Waals surface area contributed by atoms with Crippen molar-refractivity contribution in [3.05, 3.63) is 35.4 Å². The highest BCUT2D eigenvalue weighted by molar-refractivity contribution is 5.97. The van der Waals surface area contributed by atoms with Crippen LogP contribution >= 0.6 is 0 Å². The number of amides is 1. The summed E-state index contributed by atoms with van der Waals surface area (Å²) in [4.78, 5) is 23.4. The van der Waals surface area contributed by atoms with Gasteiger partial charge in [-0.25, -0.2) is 13.6 Å². The van der Waals surface area contributed by atoms with Gasteiger partial charge in [0.15, 0.2) is 11.6 Å². The number of benzene rings is 1. The van der Waals surface area contributed by atoms with E-state index in [0.29, 0.717) is 12.8 Å². The molecule has 1 rings (SSSR count). The molecule has 20 heavy (non-hydrogen) atoms. The van der Waals surface area contributed by atoms with E-state index in [-0.39, 0.29) is 0 Å². The van der Waals surface area contributed by atoms with E-state index in [1.54, 1.807) is 0 Å². The molecule has 0 aliphatic heterocycles. The Labute approximate surface area is 116 Å². The quantitative estimate of drug-likeness (QED) is 0.817. The maximum atomic E-state index is 13.5. The Morgan fingerprint density at radius 2 is 2.05 bits per heavy atom. The highest BCUT2D eigenvalue weighted by Crippen LogP contribution is 2.12. The van der Waals surface area contributed by atoms with E-state index < -0.39 is 35.1 Å². The van der Waals surface area contributed by atoms with E-state index in [0.717, 1.165) is 18.6 Å². The number of halogens is 2. The number of rotatable bonds is 6. The van der Waals surface area contributed by atoms with Gasteiger partial charge in [0, 0.05) is 0 Å². The first-order valence-electron chi connectivity index (χ1n) is 6.34. The van der Waals surface area contributed by atoms with Gasteiger partial charge >= 0.3 is 5.97 Å². The number of nitrogens with one attached hydrogen (secondary N) is 1. The van der Waals surface area contributed by atoms with Crippen molar-refractivity contribution >= 4 is 11.9 Å². The lowest BCUT2D eigenvalue weighted by atomic mass is 10.1. The van der Waals surface area contributed by atoms with Crippen molar-refractivity contribution in [3.8, 4) is 0 Å². The van der Waals surface area contributed by atoms with Gasteiger partial charge in [0.2, 0.25) is 0 Å². The van der Waals surface area contributed by atoms with Crippen LogP contribution in [0, 0.1) is 11.6 Å². The monoisotopic (exact) mass is 285 g/mol. The summed E-state index contributed by atoms with van der Waals surface area (Å²) >= 11 is 0. The predicted octanol–water partition coefficient (Wildman–Crippen LogP) is 2.43. The van der Waals surface area contributed by atoms with Crippen LogP contribution in [0.3, 0.4) is 0 Å². The van der Waals surface area contributed by atoms with E-state index in [2.05, 4.69) is 10.1 Å². The van der Waals surface area contributed by atoms with E-state index in [1.807, 2.05) is 6.92 Å². The first kappa shape index (κ1) is 16.1. The number of unbranched alkanes of at least 4 members (excludes halogenated alkanes) is 1. The highest BCUT2D eigenvalue weighted by Gasteiger charge is 2.23. The highest BCUT2D eigenvalue weighted by atomic mass is 19.2. The van der Waals surface area contributed by atoms with Crippen molar-refractivity contribution < 1.29 is 23.1 Å². The maximum Gasteiger partial charge on any atom is 0.328 e. The summed E-state index contributed by atoms with van der Waals surface area (Å²) in [5.41, 5.74) is -0.435. The average Bonchev–Trinajstić information content (AvgIpc) is 2.45. The SMILES string of the molecule is CCCC[C@H](NC(=O)c1cccc(F)c1F)C(=O)OC. The second-order valence-corrected chi connectivity index (χ2v) is 4.29. The van der Waals surface area contributed by atoms with Crippen molar-refractivity contribution in [3.63, 3.8) is 0 Å². The van der Waals surface area contributed by atoms with Gasteiger partial charge in [0.25, 0.3) is 5.91 Å². The normalized spacial score (nSPS) is 11.8. The van der Waals surface area contributed by atoms with Crippen molar-refractivity contribution in [2.45, 2.75) is 32.2 Å². The molecule has 0 spiro atoms. The largest absolute Gasteiger partial charge is 0.467 e. The van der Waals surface area contributed by atoms with E-state index in [9.17, 15) is 18.4 Å². The first-order valence-corrected chi connectivity index (χ1v) is 6.34. The molecule has 6 heteroatoms. The minimum Gasteiger partial charge on any atom is -0.467 e. The lowest BCUT2D eigenvalue weighted by Crippen LogP contribution is -2.41. The molecule has 4 nitrogen and oxygen atoms in total. The zero-order valence-corrected chi connectivity index (χ0v) is 11.4. The van der Waals surface area contributed by atoms with Crippen molar-refractivity contribution in [1.29, 1.82) is 0 Å². The van der Waals surface area contributed by atoms with Crippen LogP contribution in [-0.2, 0) is 9.53 Å². The topological polar surface area (TPSA) is 55.4 Å². The molecule has 1 atom stereocenters. The van der Waals surface area contributed by atoms with Crippen LogP contribution in [0.4, 0.5) is 8.78 Å². The summed E-state index contributed by atoms with van der Waals surface area (Å²) in [6.07, 6.45) is 1.91. The number of carbonyl (C=O) groups excluding carboxylic acids is 2. The van der Waals surface area contributed by atoms with Crippen LogP contribution in [0.1, 0.15) is 36.5 Å². The molecular formula is C14H17F2NO3. The first-order chi connectivity index (χ1) is 9.51. The average molecular weight is 285 g/mol. The Hall–Kier alpha value is -1.98. The number of esters is 1. The van der Waals surface area contributed by atoms with Crippen LogP contribution in [0.25, 0.3) is 0 Å². The third-order valence-corrected chi connectivity index (χ3v) is 2.83. The maximum absolute atomic E-state index is 13.5. The summed E-state index contributed by atoms with van der Waals surface area (Å²) in [6.45, 7) is 1.93. The van der Waals surface area contributed by atoms with Gasteiger partial charge in [-0.15, -0.1) is 0 Å². The van der Waals surface area contributed by atoms with Crippen LogP contribution in [0.2, 0.25) is 0 Å². The molecule has 0 fully saturated rings. The third-order valence-electron chi connectivity index (χ3n) is 2.83. The smallest absolute Gasteiger partial charge is 0.328 e. The van der Waals surface area contributed by atoms with Gasteiger partial charge in [-0.3, -0.25) is 4.79 Å². The van der Waals surface area contributed by atoms with Crippen LogP contribution < -0.4 is 5.32 Å². The zero-order valence-electron chi connectivity index (χ0n) is 11.4. The minimum absolute atomic E-state index is 0.381. The Balaban J connectivity index is 2.84. The van der Waals surface area contributed by atoms with Gasteiger partial charge in [0.1, 0.15) is 6.04 Å². The Morgan fingerprint density at radius 3 is 2.65 bits per heavy atom. The molecule has 1 N–H and O–H groups in total. The Kier molecular flexibility index (Phi) is 6.09. The van der Waals surface area contributed by atoms with Crippen molar-refractivity contribution in [2.24, 2.45) is 0 Å². The molecule has 1 aromatic rings. The summed E-state index contributed by atoms with van der Waals surface area (Å²) in [5, 5.41) is 2.37. The molecule has 1 amide bonds. The summed E-state index contributed by atoms with van der Waals surface area (Å²) in [6, 6.07) is 2.44. The van der Waals surface area contributed by atoms with E-state index in [1.165, 1.54) is 13.2 Å². The molecule has 0 aromatic heterocycles. The molecule has 0 unspecified atom stereocenters. The number of methoxy groups -OCH3 is 1. The van der Waals surface area contributed by atoms with E-state index in [4.69, 9.17) is 0 Å². The summed E-state index contributed by atoms with van der Waals surface area (Å²) in [5.74, 6) is -3.79. The molecule has 0 aliphatic carbocycles. The molecule has 0 saturated heterocycles. The molecule has 0 radical (unpaired) electrons. The number of ether oxygens (including phenoxy) is 1. The van der Waals surface area contributed by atoms with Crippen LogP contribution in [0.15, 0.2) is 18.2 Å². The lowest BCUT2D eigenvalue weighted by molar-refractivity contribution is -0.143. The van der Waals surface area contributed by atoms with Crippen LogP contribution in [0.5, 0.6) is 0 Å². The van der Waals surface area contributed by atoms with Crippen LogP contribution in [-0.4, -0.2) is 25.0 Å². The standard InChI is InChI=1S/C14H17F2NO3/c1-3-4-8-11(14(19)20-2)17-13(18)9-6-5-7-10(15)12(9)16/h5-7,11H,3-4,8H2,1-2H3,(H,17,18)/t11-/m0/s1. The predicted molar refractivity (Wildman–Crippen MR) is 69.2 cm³/mol. The molecular weight excluding hydrogens is 268 g/mol. The second kappa shape index (κ2) is 7.57. The lowest BCUT2D eigenvalue weighted by Gasteiger charge is -2.16. The van der Waals surface area contributed by atoms with Crippen molar-refractivity contribution in [1.82, 2.24) is 5.32 Å². The molecule has 1 aromatic carbocycles. The Morgan fingerprint density at radius 1 is 1.35 bits per heavy atom. The summed E-state index contributed by atoms with van der Waals surface area (Å²) < 4.78 is 31.1. The minimum atomic E-state index is -1.23. The molecule has 110 valence electrons.